The van der Waals surface area contributed by atoms with Gasteiger partial charge in [0.05, 0.1) is 18.2 Å². The Morgan fingerprint density at radius 1 is 1.05 bits per heavy atom. The maximum Gasteiger partial charge on any atom is 0.253 e. The molecule has 2 aliphatic heterocycles. The van der Waals surface area contributed by atoms with Crippen LogP contribution in [0.15, 0.2) is 47.3 Å². The first-order valence-electron chi connectivity index (χ1n) is 13.5. The van der Waals surface area contributed by atoms with Gasteiger partial charge in [0.15, 0.2) is 5.82 Å². The largest absolute Gasteiger partial charge is 0.376 e. The van der Waals surface area contributed by atoms with E-state index in [1.54, 1.807) is 0 Å². The van der Waals surface area contributed by atoms with Crippen LogP contribution in [-0.2, 0) is 11.3 Å². The summed E-state index contributed by atoms with van der Waals surface area (Å²) < 4.78 is 7.73. The Morgan fingerprint density at radius 3 is 2.68 bits per heavy atom. The molecule has 4 aromatic rings. The van der Waals surface area contributed by atoms with Crippen molar-refractivity contribution in [1.29, 1.82) is 0 Å². The van der Waals surface area contributed by atoms with Crippen LogP contribution in [0, 0.1) is 20.8 Å². The molecule has 9 nitrogen and oxygen atoms in total. The van der Waals surface area contributed by atoms with E-state index < -0.39 is 0 Å². The maximum absolute atomic E-state index is 13.6. The van der Waals surface area contributed by atoms with Crippen LogP contribution in [0.1, 0.15) is 47.0 Å². The van der Waals surface area contributed by atoms with Gasteiger partial charge in [0.1, 0.15) is 6.04 Å². The Bertz CT molecular complexity index is 1500. The van der Waals surface area contributed by atoms with Gasteiger partial charge in [0, 0.05) is 44.0 Å². The number of aromatic amines is 1. The van der Waals surface area contributed by atoms with E-state index in [4.69, 9.17) is 4.74 Å². The molecule has 6 rings (SSSR count). The number of benzene rings is 2. The van der Waals surface area contributed by atoms with Gasteiger partial charge in [-0.3, -0.25) is 9.69 Å². The molecular formula is C29H35N7O2. The lowest BCUT2D eigenvalue weighted by Crippen LogP contribution is -2.49. The van der Waals surface area contributed by atoms with E-state index >= 15 is 0 Å². The summed E-state index contributed by atoms with van der Waals surface area (Å²) in [4.78, 5) is 21.5. The number of piperazine rings is 1. The van der Waals surface area contributed by atoms with Crippen LogP contribution >= 0.6 is 0 Å². The Labute approximate surface area is 222 Å². The zero-order valence-corrected chi connectivity index (χ0v) is 22.4. The van der Waals surface area contributed by atoms with E-state index in [1.807, 2.05) is 35.9 Å². The molecule has 2 saturated heterocycles. The second-order valence-electron chi connectivity index (χ2n) is 10.7. The summed E-state index contributed by atoms with van der Waals surface area (Å²) in [6.45, 7) is 11.0. The van der Waals surface area contributed by atoms with Gasteiger partial charge in [-0.2, -0.15) is 0 Å². The highest BCUT2D eigenvalue weighted by Gasteiger charge is 2.34. The highest BCUT2D eigenvalue weighted by atomic mass is 16.5. The standard InChI is InChI=1S/C29H35N7O2/c1-19-9-10-20(2)25(16-19)34-11-13-35(14-12-34)27(28-31-32-33-36(28)18-23-8-5-15-38-23)24-17-22-7-4-6-21(3)26(22)30-29(24)37/h4,6-7,9-10,16-17,23,27H,5,8,11-15,18H2,1-3H3,(H,30,37). The first kappa shape index (κ1) is 24.8. The third kappa shape index (κ3) is 4.72. The molecule has 0 spiro atoms. The van der Waals surface area contributed by atoms with E-state index in [9.17, 15) is 4.79 Å². The van der Waals surface area contributed by atoms with E-state index in [-0.39, 0.29) is 17.7 Å². The third-order valence-corrected chi connectivity index (χ3v) is 8.00. The summed E-state index contributed by atoms with van der Waals surface area (Å²) in [5.41, 5.74) is 6.32. The topological polar surface area (TPSA) is 92.2 Å². The van der Waals surface area contributed by atoms with Crippen molar-refractivity contribution in [3.8, 4) is 0 Å². The second-order valence-corrected chi connectivity index (χ2v) is 10.7. The van der Waals surface area contributed by atoms with Gasteiger partial charge in [-0.05, 0) is 78.2 Å². The number of aryl methyl sites for hydroxylation is 3. The zero-order chi connectivity index (χ0) is 26.2. The molecule has 0 amide bonds. The number of aromatic nitrogens is 5. The predicted molar refractivity (Wildman–Crippen MR) is 148 cm³/mol. The number of rotatable bonds is 6. The molecule has 4 heterocycles. The van der Waals surface area contributed by atoms with Gasteiger partial charge >= 0.3 is 0 Å². The minimum atomic E-state index is -0.360. The van der Waals surface area contributed by atoms with Crippen molar-refractivity contribution in [3.63, 3.8) is 0 Å². The smallest absolute Gasteiger partial charge is 0.253 e. The number of anilines is 1. The summed E-state index contributed by atoms with van der Waals surface area (Å²) in [7, 11) is 0. The molecule has 2 aromatic carbocycles. The van der Waals surface area contributed by atoms with Gasteiger partial charge in [0.25, 0.3) is 5.56 Å². The molecule has 2 atom stereocenters. The maximum atomic E-state index is 13.6. The third-order valence-electron chi connectivity index (χ3n) is 8.00. The number of fused-ring (bicyclic) bond motifs is 1. The van der Waals surface area contributed by atoms with Gasteiger partial charge in [-0.1, -0.05) is 30.3 Å². The van der Waals surface area contributed by atoms with Crippen molar-refractivity contribution in [2.75, 3.05) is 37.7 Å². The number of tetrazole rings is 1. The number of nitrogens with one attached hydrogen (secondary N) is 1. The van der Waals surface area contributed by atoms with Gasteiger partial charge in [0.2, 0.25) is 0 Å². The molecule has 0 radical (unpaired) electrons. The van der Waals surface area contributed by atoms with Crippen LogP contribution in [0.5, 0.6) is 0 Å². The summed E-state index contributed by atoms with van der Waals surface area (Å²) in [5, 5.41) is 13.9. The lowest BCUT2D eigenvalue weighted by molar-refractivity contribution is 0.0906. The fourth-order valence-corrected chi connectivity index (χ4v) is 5.90. The average Bonchev–Trinajstić information content (AvgIpc) is 3.60. The molecule has 0 bridgehead atoms. The van der Waals surface area contributed by atoms with Crippen molar-refractivity contribution in [2.45, 2.75) is 52.3 Å². The van der Waals surface area contributed by atoms with Crippen molar-refractivity contribution < 1.29 is 4.74 Å². The Kier molecular flexibility index (Phi) is 6.71. The van der Waals surface area contributed by atoms with Crippen LogP contribution < -0.4 is 10.5 Å². The molecule has 1 N–H and O–H groups in total. The van der Waals surface area contributed by atoms with Gasteiger partial charge < -0.3 is 14.6 Å². The number of nitrogens with zero attached hydrogens (tertiary/aromatic N) is 6. The first-order valence-corrected chi connectivity index (χ1v) is 13.5. The molecule has 2 aromatic heterocycles. The monoisotopic (exact) mass is 513 g/mol. The number of hydrogen-bond acceptors (Lipinski definition) is 7. The highest BCUT2D eigenvalue weighted by Crippen LogP contribution is 2.31. The van der Waals surface area contributed by atoms with Crippen LogP contribution in [-0.4, -0.2) is 69.0 Å². The minimum absolute atomic E-state index is 0.0941. The normalized spacial score (nSPS) is 19.3. The number of hydrogen-bond donors (Lipinski definition) is 1. The lowest BCUT2D eigenvalue weighted by Gasteiger charge is -2.40. The molecule has 2 aliphatic rings. The Balaban J connectivity index is 1.37. The molecular weight excluding hydrogens is 478 g/mol. The summed E-state index contributed by atoms with van der Waals surface area (Å²) in [5.74, 6) is 0.693. The minimum Gasteiger partial charge on any atom is -0.376 e. The van der Waals surface area contributed by atoms with Crippen LogP contribution in [0.25, 0.3) is 10.9 Å². The fourth-order valence-electron chi connectivity index (χ4n) is 5.90. The SMILES string of the molecule is Cc1ccc(C)c(N2CCN(C(c3cc4cccc(C)c4[nH]c3=O)c3nnnn3CC3CCCO3)CC2)c1. The predicted octanol–water partition coefficient (Wildman–Crippen LogP) is 3.53. The molecule has 38 heavy (non-hydrogen) atoms. The van der Waals surface area contributed by atoms with E-state index in [2.05, 4.69) is 62.4 Å². The van der Waals surface area contributed by atoms with Gasteiger partial charge in [-0.15, -0.1) is 5.10 Å². The first-order chi connectivity index (χ1) is 18.5. The summed E-state index contributed by atoms with van der Waals surface area (Å²) in [6, 6.07) is 14.4. The molecule has 2 unspecified atom stereocenters. The Hall–Kier alpha value is -3.56. The second kappa shape index (κ2) is 10.3. The molecule has 0 saturated carbocycles. The van der Waals surface area contributed by atoms with Crippen molar-refractivity contribution in [1.82, 2.24) is 30.1 Å². The number of pyridine rings is 1. The van der Waals surface area contributed by atoms with Crippen molar-refractivity contribution >= 4 is 16.6 Å². The number of para-hydroxylation sites is 1. The van der Waals surface area contributed by atoms with Crippen LogP contribution in [0.3, 0.4) is 0 Å². The molecule has 2 fully saturated rings. The van der Waals surface area contributed by atoms with Crippen LogP contribution in [0.4, 0.5) is 5.69 Å². The van der Waals surface area contributed by atoms with Crippen LogP contribution in [0.2, 0.25) is 0 Å². The molecule has 9 heteroatoms. The summed E-state index contributed by atoms with van der Waals surface area (Å²) in [6.07, 6.45) is 2.14. The molecule has 0 aliphatic carbocycles. The highest BCUT2D eigenvalue weighted by molar-refractivity contribution is 5.82. The Morgan fingerprint density at radius 2 is 1.89 bits per heavy atom. The van der Waals surface area contributed by atoms with Crippen molar-refractivity contribution in [2.24, 2.45) is 0 Å². The number of H-pyrrole nitrogens is 1. The van der Waals surface area contributed by atoms with Crippen molar-refractivity contribution in [3.05, 3.63) is 80.9 Å². The zero-order valence-electron chi connectivity index (χ0n) is 22.4. The number of ether oxygens (including phenoxy) is 1. The van der Waals surface area contributed by atoms with E-state index in [0.29, 0.717) is 17.9 Å². The van der Waals surface area contributed by atoms with E-state index in [1.165, 1.54) is 16.8 Å². The van der Waals surface area contributed by atoms with E-state index in [0.717, 1.165) is 62.1 Å². The fraction of sp³-hybridized carbons (Fsp3) is 0.448. The molecule has 198 valence electrons. The lowest BCUT2D eigenvalue weighted by atomic mass is 10.0. The van der Waals surface area contributed by atoms with Gasteiger partial charge in [-0.25, -0.2) is 4.68 Å². The average molecular weight is 514 g/mol. The summed E-state index contributed by atoms with van der Waals surface area (Å²) >= 11 is 0. The quantitative estimate of drug-likeness (QED) is 0.422.